The van der Waals surface area contributed by atoms with E-state index in [0.717, 1.165) is 35.9 Å². The molecule has 0 aliphatic heterocycles. The third-order valence-electron chi connectivity index (χ3n) is 7.38. The zero-order chi connectivity index (χ0) is 20.4. The maximum Gasteiger partial charge on any atom is 0.0810 e. The van der Waals surface area contributed by atoms with Crippen LogP contribution in [0.3, 0.4) is 0 Å². The minimum Gasteiger partial charge on any atom is -0.256 e. The summed E-state index contributed by atoms with van der Waals surface area (Å²) < 4.78 is 0. The molecule has 3 aliphatic rings. The van der Waals surface area contributed by atoms with Gasteiger partial charge in [-0.05, 0) is 53.3 Å². The molecule has 6 rings (SSSR count). The molecule has 1 heterocycles. The van der Waals surface area contributed by atoms with Crippen LogP contribution < -0.4 is 0 Å². The first-order valence-electron chi connectivity index (χ1n) is 11.6. The Bertz CT molecular complexity index is 955. The first-order valence-corrected chi connectivity index (χ1v) is 11.6. The quantitative estimate of drug-likeness (QED) is 0.432. The molecule has 0 atom stereocenters. The van der Waals surface area contributed by atoms with E-state index in [-0.39, 0.29) is 5.31 Å². The van der Waals surface area contributed by atoms with E-state index in [4.69, 9.17) is 7.85 Å². The molecular weight excluding hydrogens is 361 g/mol. The molecule has 0 saturated heterocycles. The average molecular weight is 391 g/mol. The molecule has 3 fully saturated rings. The predicted molar refractivity (Wildman–Crippen MR) is 126 cm³/mol. The van der Waals surface area contributed by atoms with Gasteiger partial charge in [-0.1, -0.05) is 98.7 Å². The smallest absolute Gasteiger partial charge is 0.0810 e. The molecule has 3 aromatic rings. The van der Waals surface area contributed by atoms with Crippen molar-refractivity contribution >= 4 is 7.85 Å². The van der Waals surface area contributed by atoms with Crippen LogP contribution in [-0.4, -0.2) is 12.8 Å². The van der Waals surface area contributed by atoms with Crippen LogP contribution in [-0.2, 0) is 5.31 Å². The van der Waals surface area contributed by atoms with Gasteiger partial charge >= 0.3 is 0 Å². The fraction of sp³-hybridized carbons (Fsp3) is 0.393. The monoisotopic (exact) mass is 391 g/mol. The Kier molecular flexibility index (Phi) is 5.50. The minimum atomic E-state index is -0.165. The van der Waals surface area contributed by atoms with Gasteiger partial charge in [0.15, 0.2) is 0 Å². The van der Waals surface area contributed by atoms with Gasteiger partial charge in [0.05, 0.1) is 13.5 Å². The summed E-state index contributed by atoms with van der Waals surface area (Å²) in [5.41, 5.74) is 5.92. The van der Waals surface area contributed by atoms with Gasteiger partial charge in [0.2, 0.25) is 0 Å². The van der Waals surface area contributed by atoms with Gasteiger partial charge in [0, 0.05) is 11.8 Å². The summed E-state index contributed by atoms with van der Waals surface area (Å²) in [6.45, 7) is 0. The minimum absolute atomic E-state index is 0.165. The highest BCUT2D eigenvalue weighted by atomic mass is 14.7. The van der Waals surface area contributed by atoms with Gasteiger partial charge in [0.25, 0.3) is 0 Å². The van der Waals surface area contributed by atoms with Gasteiger partial charge in [-0.15, -0.1) is 0 Å². The molecule has 0 spiro atoms. The van der Waals surface area contributed by atoms with Crippen molar-refractivity contribution in [3.63, 3.8) is 0 Å². The van der Waals surface area contributed by atoms with Gasteiger partial charge in [-0.3, -0.25) is 4.98 Å². The van der Waals surface area contributed by atoms with Crippen LogP contribution in [0.1, 0.15) is 56.9 Å². The van der Waals surface area contributed by atoms with Crippen LogP contribution in [0.15, 0.2) is 72.9 Å². The van der Waals surface area contributed by atoms with E-state index in [1.807, 2.05) is 12.3 Å². The Morgan fingerprint density at radius 2 is 1.33 bits per heavy atom. The summed E-state index contributed by atoms with van der Waals surface area (Å²) in [6, 6.07) is 23.7. The van der Waals surface area contributed by atoms with Crippen molar-refractivity contribution in [3.05, 3.63) is 78.5 Å². The fourth-order valence-corrected chi connectivity index (χ4v) is 5.81. The molecule has 30 heavy (non-hydrogen) atoms. The van der Waals surface area contributed by atoms with E-state index in [1.54, 1.807) is 0 Å². The van der Waals surface area contributed by atoms with Gasteiger partial charge in [-0.2, -0.15) is 0 Å². The third-order valence-corrected chi connectivity index (χ3v) is 7.38. The second-order valence-corrected chi connectivity index (χ2v) is 9.53. The molecule has 1 aromatic heterocycles. The maximum atomic E-state index is 7.12. The van der Waals surface area contributed by atoms with E-state index >= 15 is 0 Å². The van der Waals surface area contributed by atoms with Crippen LogP contribution in [0, 0.1) is 11.8 Å². The lowest BCUT2D eigenvalue weighted by Gasteiger charge is -2.42. The van der Waals surface area contributed by atoms with Crippen molar-refractivity contribution in [3.8, 4) is 22.4 Å². The largest absolute Gasteiger partial charge is 0.256 e. The van der Waals surface area contributed by atoms with Gasteiger partial charge in [0.1, 0.15) is 0 Å². The number of aromatic nitrogens is 1. The Hall–Kier alpha value is -2.35. The standard InChI is InChI=1S/C28H30BN/c29-28(19-21-6-4-7-22(20-28)9-5-8-21)26-14-12-23(13-15-26)25-16-17-30-27(18-25)24-10-2-1-3-11-24/h1-3,10-18,21-22H,4-9,19-20H2. The van der Waals surface area contributed by atoms with Crippen LogP contribution in [0.5, 0.6) is 0 Å². The van der Waals surface area contributed by atoms with Crippen molar-refractivity contribution in [2.45, 2.75) is 56.7 Å². The number of benzene rings is 2. The summed E-state index contributed by atoms with van der Waals surface area (Å²) >= 11 is 0. The highest BCUT2D eigenvalue weighted by molar-refractivity contribution is 6.16. The maximum absolute atomic E-state index is 7.12. The lowest BCUT2D eigenvalue weighted by molar-refractivity contribution is 0.207. The molecule has 2 bridgehead atoms. The predicted octanol–water partition coefficient (Wildman–Crippen LogP) is 7.16. The van der Waals surface area contributed by atoms with Gasteiger partial charge in [-0.25, -0.2) is 0 Å². The molecule has 1 nitrogen and oxygen atoms in total. The first kappa shape index (κ1) is 19.6. The van der Waals surface area contributed by atoms with Crippen LogP contribution in [0.4, 0.5) is 0 Å². The van der Waals surface area contributed by atoms with E-state index in [0.29, 0.717) is 0 Å². The van der Waals surface area contributed by atoms with Crippen molar-refractivity contribution in [2.75, 3.05) is 0 Å². The summed E-state index contributed by atoms with van der Waals surface area (Å²) in [7, 11) is 7.12. The van der Waals surface area contributed by atoms with Crippen molar-refractivity contribution in [1.82, 2.24) is 4.98 Å². The van der Waals surface area contributed by atoms with Crippen LogP contribution in [0.25, 0.3) is 22.4 Å². The summed E-state index contributed by atoms with van der Waals surface area (Å²) in [6.07, 6.45) is 12.5. The number of hydrogen-bond donors (Lipinski definition) is 0. The zero-order valence-electron chi connectivity index (χ0n) is 17.8. The lowest BCUT2D eigenvalue weighted by Crippen LogP contribution is -2.35. The Morgan fingerprint density at radius 3 is 1.97 bits per heavy atom. The Labute approximate surface area is 182 Å². The van der Waals surface area contributed by atoms with E-state index in [2.05, 4.69) is 65.6 Å². The number of hydrogen-bond acceptors (Lipinski definition) is 1. The van der Waals surface area contributed by atoms with Crippen molar-refractivity contribution < 1.29 is 0 Å². The summed E-state index contributed by atoms with van der Waals surface area (Å²) in [5.74, 6) is 1.59. The molecule has 0 N–H and O–H groups in total. The molecular formula is C28H30BN. The molecule has 0 amide bonds. The number of pyridine rings is 1. The van der Waals surface area contributed by atoms with Gasteiger partial charge < -0.3 is 0 Å². The van der Waals surface area contributed by atoms with E-state index in [9.17, 15) is 0 Å². The molecule has 3 saturated carbocycles. The fourth-order valence-electron chi connectivity index (χ4n) is 5.81. The first-order chi connectivity index (χ1) is 14.7. The molecule has 0 unspecified atom stereocenters. The highest BCUT2D eigenvalue weighted by Gasteiger charge is 2.35. The normalized spacial score (nSPS) is 26.5. The topological polar surface area (TPSA) is 12.9 Å². The average Bonchev–Trinajstić information content (AvgIpc) is 2.76. The molecule has 2 heteroatoms. The lowest BCUT2D eigenvalue weighted by atomic mass is 9.53. The number of fused-ring (bicyclic) bond motifs is 6. The van der Waals surface area contributed by atoms with Crippen LogP contribution in [0.2, 0.25) is 0 Å². The van der Waals surface area contributed by atoms with Crippen LogP contribution >= 0.6 is 0 Å². The Balaban J connectivity index is 1.42. The zero-order valence-corrected chi connectivity index (χ0v) is 17.8. The molecule has 2 aromatic carbocycles. The highest BCUT2D eigenvalue weighted by Crippen LogP contribution is 2.45. The number of rotatable bonds is 3. The second-order valence-electron chi connectivity index (χ2n) is 9.53. The summed E-state index contributed by atoms with van der Waals surface area (Å²) in [5, 5.41) is -0.165. The molecule has 150 valence electrons. The number of nitrogens with zero attached hydrogens (tertiary/aromatic N) is 1. The second kappa shape index (κ2) is 8.42. The molecule has 3 aliphatic carbocycles. The Morgan fingerprint density at radius 1 is 0.700 bits per heavy atom. The molecule has 2 radical (unpaired) electrons. The SMILES string of the molecule is [B]C1(c2ccc(-c3ccnc(-c4ccccc4)c3)cc2)CC2CCCC(CCC2)C1. The summed E-state index contributed by atoms with van der Waals surface area (Å²) in [4.78, 5) is 4.57. The van der Waals surface area contributed by atoms with E-state index < -0.39 is 0 Å². The third kappa shape index (κ3) is 4.10. The van der Waals surface area contributed by atoms with Crippen molar-refractivity contribution in [1.29, 1.82) is 0 Å². The van der Waals surface area contributed by atoms with Crippen molar-refractivity contribution in [2.24, 2.45) is 11.8 Å². The van der Waals surface area contributed by atoms with E-state index in [1.165, 1.54) is 55.2 Å².